The van der Waals surface area contributed by atoms with Crippen molar-refractivity contribution in [1.29, 1.82) is 0 Å². The molecule has 0 aliphatic rings. The molecule has 7 nitrogen and oxygen atoms in total. The number of hydrogen-bond donors (Lipinski definition) is 0. The van der Waals surface area contributed by atoms with Gasteiger partial charge in [-0.2, -0.15) is 10.2 Å². The van der Waals surface area contributed by atoms with E-state index in [0.717, 1.165) is 17.9 Å². The van der Waals surface area contributed by atoms with Crippen LogP contribution in [0, 0.1) is 13.8 Å². The van der Waals surface area contributed by atoms with Crippen molar-refractivity contribution in [2.24, 2.45) is 0 Å². The number of aryl methyl sites for hydroxylation is 4. The van der Waals surface area contributed by atoms with Gasteiger partial charge < -0.3 is 4.42 Å². The zero-order valence-electron chi connectivity index (χ0n) is 12.7. The van der Waals surface area contributed by atoms with E-state index in [4.69, 9.17) is 16.0 Å². The lowest BCUT2D eigenvalue weighted by Crippen LogP contribution is -2.05. The molecular formula is C14H17ClN6O. The highest BCUT2D eigenvalue weighted by molar-refractivity contribution is 6.31. The fourth-order valence-corrected chi connectivity index (χ4v) is 2.34. The van der Waals surface area contributed by atoms with Gasteiger partial charge in [-0.15, -0.1) is 10.2 Å². The van der Waals surface area contributed by atoms with Crippen LogP contribution in [0.1, 0.15) is 24.2 Å². The zero-order valence-corrected chi connectivity index (χ0v) is 13.5. The number of hydrogen-bond acceptors (Lipinski definition) is 5. The summed E-state index contributed by atoms with van der Waals surface area (Å²) in [5.74, 6) is 0.998. The van der Waals surface area contributed by atoms with Crippen LogP contribution in [-0.4, -0.2) is 29.8 Å². The molecule has 3 heterocycles. The third kappa shape index (κ3) is 2.76. The molecule has 8 heteroatoms. The van der Waals surface area contributed by atoms with Gasteiger partial charge in [0.25, 0.3) is 5.89 Å². The van der Waals surface area contributed by atoms with Crippen LogP contribution in [0.25, 0.3) is 11.6 Å². The Balaban J connectivity index is 1.70. The highest BCUT2D eigenvalue weighted by Gasteiger charge is 2.13. The van der Waals surface area contributed by atoms with Crippen LogP contribution in [0.3, 0.4) is 0 Å². The molecule has 0 fully saturated rings. The van der Waals surface area contributed by atoms with Gasteiger partial charge in [0.2, 0.25) is 5.89 Å². The van der Waals surface area contributed by atoms with Crippen molar-refractivity contribution in [3.63, 3.8) is 0 Å². The second kappa shape index (κ2) is 5.92. The molecule has 0 aliphatic carbocycles. The predicted molar refractivity (Wildman–Crippen MR) is 81.6 cm³/mol. The largest absolute Gasteiger partial charge is 0.419 e. The summed E-state index contributed by atoms with van der Waals surface area (Å²) in [6.45, 7) is 7.30. The number of aromatic nitrogens is 6. The van der Waals surface area contributed by atoms with Gasteiger partial charge in [0.15, 0.2) is 0 Å². The quantitative estimate of drug-likeness (QED) is 0.722. The molecule has 116 valence electrons. The summed E-state index contributed by atoms with van der Waals surface area (Å²) in [6, 6.07) is 1.86. The fourth-order valence-electron chi connectivity index (χ4n) is 2.20. The first-order chi connectivity index (χ1) is 10.6. The van der Waals surface area contributed by atoms with Crippen molar-refractivity contribution >= 4 is 11.6 Å². The molecule has 0 aromatic carbocycles. The molecule has 0 radical (unpaired) electrons. The Hall–Kier alpha value is -2.15. The Labute approximate surface area is 132 Å². The molecule has 0 saturated heterocycles. The Morgan fingerprint density at radius 2 is 2.05 bits per heavy atom. The van der Waals surface area contributed by atoms with Crippen LogP contribution >= 0.6 is 11.6 Å². The van der Waals surface area contributed by atoms with Crippen LogP contribution in [-0.2, 0) is 19.5 Å². The first-order valence-corrected chi connectivity index (χ1v) is 7.52. The van der Waals surface area contributed by atoms with Crippen molar-refractivity contribution in [3.8, 4) is 11.6 Å². The van der Waals surface area contributed by atoms with Crippen LogP contribution < -0.4 is 0 Å². The lowest BCUT2D eigenvalue weighted by Gasteiger charge is -2.01. The number of rotatable bonds is 5. The molecule has 0 saturated carbocycles. The normalized spacial score (nSPS) is 11.3. The van der Waals surface area contributed by atoms with E-state index in [2.05, 4.69) is 20.4 Å². The summed E-state index contributed by atoms with van der Waals surface area (Å²) in [7, 11) is 0. The third-order valence-electron chi connectivity index (χ3n) is 3.48. The molecule has 0 bridgehead atoms. The summed E-state index contributed by atoms with van der Waals surface area (Å²) in [6.07, 6.45) is 2.48. The van der Waals surface area contributed by atoms with E-state index in [-0.39, 0.29) is 0 Å². The van der Waals surface area contributed by atoms with E-state index in [0.29, 0.717) is 35.5 Å². The smallest absolute Gasteiger partial charge is 0.268 e. The van der Waals surface area contributed by atoms with E-state index in [1.165, 1.54) is 0 Å². The lowest BCUT2D eigenvalue weighted by atomic mass is 10.4. The Bertz CT molecular complexity index is 787. The molecular weight excluding hydrogens is 304 g/mol. The fraction of sp³-hybridized carbons (Fsp3) is 0.429. The van der Waals surface area contributed by atoms with Crippen molar-refractivity contribution in [2.75, 3.05) is 0 Å². The van der Waals surface area contributed by atoms with Gasteiger partial charge in [-0.05, 0) is 26.8 Å². The summed E-state index contributed by atoms with van der Waals surface area (Å²) in [5, 5.41) is 17.5. The highest BCUT2D eigenvalue weighted by Crippen LogP contribution is 2.20. The molecule has 0 spiro atoms. The Morgan fingerprint density at radius 3 is 2.68 bits per heavy atom. The van der Waals surface area contributed by atoms with Crippen LogP contribution in [0.4, 0.5) is 0 Å². The molecule has 0 aliphatic heterocycles. The second-order valence-corrected chi connectivity index (χ2v) is 5.39. The van der Waals surface area contributed by atoms with Crippen LogP contribution in [0.2, 0.25) is 5.02 Å². The average molecular weight is 321 g/mol. The van der Waals surface area contributed by atoms with Gasteiger partial charge in [0.05, 0.1) is 16.4 Å². The summed E-state index contributed by atoms with van der Waals surface area (Å²) < 4.78 is 9.33. The van der Waals surface area contributed by atoms with E-state index in [9.17, 15) is 0 Å². The molecule has 0 amide bonds. The molecule has 0 unspecified atom stereocenters. The maximum Gasteiger partial charge on any atom is 0.268 e. The maximum atomic E-state index is 6.13. The van der Waals surface area contributed by atoms with Crippen LogP contribution in [0.15, 0.2) is 16.7 Å². The van der Waals surface area contributed by atoms with Gasteiger partial charge in [-0.25, -0.2) is 0 Å². The minimum Gasteiger partial charge on any atom is -0.419 e. The van der Waals surface area contributed by atoms with Gasteiger partial charge in [-0.3, -0.25) is 9.36 Å². The summed E-state index contributed by atoms with van der Waals surface area (Å²) in [5.41, 5.74) is 2.46. The van der Waals surface area contributed by atoms with Gasteiger partial charge in [0, 0.05) is 25.7 Å². The molecule has 0 N–H and O–H groups in total. The first-order valence-electron chi connectivity index (χ1n) is 7.14. The molecule has 0 atom stereocenters. The summed E-state index contributed by atoms with van der Waals surface area (Å²) >= 11 is 6.13. The zero-order chi connectivity index (χ0) is 15.7. The van der Waals surface area contributed by atoms with Gasteiger partial charge in [0.1, 0.15) is 5.69 Å². The topological polar surface area (TPSA) is 74.6 Å². The second-order valence-electron chi connectivity index (χ2n) is 5.02. The summed E-state index contributed by atoms with van der Waals surface area (Å²) in [4.78, 5) is 0. The molecule has 22 heavy (non-hydrogen) atoms. The SMILES string of the molecule is CCn1ccc(-c2nnc(CCn3nc(C)c(Cl)c3C)o2)n1. The van der Waals surface area contributed by atoms with Gasteiger partial charge in [-0.1, -0.05) is 11.6 Å². The van der Waals surface area contributed by atoms with E-state index < -0.39 is 0 Å². The van der Waals surface area contributed by atoms with Crippen LogP contribution in [0.5, 0.6) is 0 Å². The average Bonchev–Trinajstić information content (AvgIpc) is 3.21. The predicted octanol–water partition coefficient (Wildman–Crippen LogP) is 2.66. The highest BCUT2D eigenvalue weighted by atomic mass is 35.5. The van der Waals surface area contributed by atoms with Crippen molar-refractivity contribution in [2.45, 2.75) is 40.3 Å². The van der Waals surface area contributed by atoms with Crippen molar-refractivity contribution < 1.29 is 4.42 Å². The Morgan fingerprint density at radius 1 is 1.23 bits per heavy atom. The monoisotopic (exact) mass is 320 g/mol. The molecule has 3 aromatic heterocycles. The standard InChI is InChI=1S/C14H17ClN6O/c1-4-20-7-5-11(19-20)14-17-16-12(22-14)6-8-21-10(3)13(15)9(2)18-21/h5,7H,4,6,8H2,1-3H3. The number of nitrogens with zero attached hydrogens (tertiary/aromatic N) is 6. The van der Waals surface area contributed by atoms with E-state index in [1.807, 2.05) is 42.4 Å². The van der Waals surface area contributed by atoms with E-state index in [1.54, 1.807) is 0 Å². The third-order valence-corrected chi connectivity index (χ3v) is 4.03. The van der Waals surface area contributed by atoms with Crippen molar-refractivity contribution in [3.05, 3.63) is 34.6 Å². The minimum atomic E-state index is 0.439. The number of halogens is 1. The Kier molecular flexibility index (Phi) is 3.98. The molecule has 3 aromatic rings. The molecule has 3 rings (SSSR count). The van der Waals surface area contributed by atoms with Gasteiger partial charge >= 0.3 is 0 Å². The maximum absolute atomic E-state index is 6.13. The lowest BCUT2D eigenvalue weighted by molar-refractivity contribution is 0.470. The van der Waals surface area contributed by atoms with E-state index >= 15 is 0 Å². The minimum absolute atomic E-state index is 0.439. The van der Waals surface area contributed by atoms with Crippen molar-refractivity contribution in [1.82, 2.24) is 29.8 Å². The first kappa shape index (κ1) is 14.8.